The number of rotatable bonds is 12. The van der Waals surface area contributed by atoms with Crippen molar-refractivity contribution in [1.29, 1.82) is 0 Å². The monoisotopic (exact) mass is 530 g/mol. The Morgan fingerprint density at radius 2 is 2.06 bits per heavy atom. The normalized spacial score (nSPS) is 13.0. The number of nitrogens with one attached hydrogen (secondary N) is 2. The number of halogens is 3. The van der Waals surface area contributed by atoms with E-state index in [1.165, 1.54) is 17.4 Å². The number of anilines is 1. The van der Waals surface area contributed by atoms with Gasteiger partial charge in [-0.3, -0.25) is 4.72 Å². The second-order valence-electron chi connectivity index (χ2n) is 7.43. The summed E-state index contributed by atoms with van der Waals surface area (Å²) in [6.07, 6.45) is 2.48. The molecule has 0 saturated heterocycles. The topological polar surface area (TPSA) is 89.3 Å². The minimum Gasteiger partial charge on any atom is -0.455 e. The average Bonchev–Trinajstić information content (AvgIpc) is 3.27. The quantitative estimate of drug-likeness (QED) is 0.258. The molecule has 0 aliphatic rings. The summed E-state index contributed by atoms with van der Waals surface area (Å²) in [5.41, 5.74) is 8.22. The molecular weight excluding hydrogens is 506 g/mol. The Balaban J connectivity index is 1.68. The fourth-order valence-electron chi connectivity index (χ4n) is 2.96. The molecule has 0 amide bonds. The van der Waals surface area contributed by atoms with Crippen LogP contribution in [0.3, 0.4) is 0 Å². The first kappa shape index (κ1) is 25.9. The van der Waals surface area contributed by atoms with Crippen LogP contribution in [0.2, 0.25) is 10.0 Å². The minimum absolute atomic E-state index is 0.0884. The molecule has 3 aromatic rings. The van der Waals surface area contributed by atoms with Gasteiger partial charge in [0.1, 0.15) is 23.1 Å². The number of benzene rings is 2. The highest BCUT2D eigenvalue weighted by Gasteiger charge is 2.17. The van der Waals surface area contributed by atoms with E-state index < -0.39 is 16.8 Å². The van der Waals surface area contributed by atoms with Crippen molar-refractivity contribution in [1.82, 2.24) is 10.3 Å². The molecule has 2 unspecified atom stereocenters. The molecule has 1 aromatic heterocycles. The van der Waals surface area contributed by atoms with Gasteiger partial charge in [-0.25, -0.2) is 13.6 Å². The summed E-state index contributed by atoms with van der Waals surface area (Å²) in [4.78, 5) is 3.90. The molecule has 0 saturated carbocycles. The number of nitrogens with two attached hydrogens (primary N) is 1. The maximum Gasteiger partial charge on any atom is 0.154 e. The van der Waals surface area contributed by atoms with Crippen LogP contribution in [0.15, 0.2) is 46.1 Å². The summed E-state index contributed by atoms with van der Waals surface area (Å²) in [6, 6.07) is 7.84. The van der Waals surface area contributed by atoms with E-state index in [9.17, 15) is 8.60 Å². The molecule has 2 atom stereocenters. The average molecular weight is 532 g/mol. The highest BCUT2D eigenvalue weighted by Crippen LogP contribution is 2.35. The molecule has 1 heterocycles. The van der Waals surface area contributed by atoms with Crippen LogP contribution in [0.1, 0.15) is 25.3 Å². The lowest BCUT2D eigenvalue weighted by Crippen LogP contribution is -2.24. The largest absolute Gasteiger partial charge is 0.455 e. The fraction of sp³-hybridized carbons (Fsp3) is 0.318. The lowest BCUT2D eigenvalue weighted by molar-refractivity contribution is 0.467. The number of nitrogens with zero attached hydrogens (tertiary/aromatic N) is 1. The molecule has 0 radical (unpaired) electrons. The van der Waals surface area contributed by atoms with E-state index in [2.05, 4.69) is 15.0 Å². The van der Waals surface area contributed by atoms with Crippen LogP contribution >= 0.6 is 34.5 Å². The Hall–Kier alpha value is -1.75. The summed E-state index contributed by atoms with van der Waals surface area (Å²) in [6.45, 7) is 3.66. The van der Waals surface area contributed by atoms with Gasteiger partial charge in [0, 0.05) is 22.5 Å². The molecule has 11 heteroatoms. The van der Waals surface area contributed by atoms with Crippen LogP contribution in [0.4, 0.5) is 10.2 Å². The predicted octanol–water partition coefficient (Wildman–Crippen LogP) is 5.78. The molecule has 33 heavy (non-hydrogen) atoms. The van der Waals surface area contributed by atoms with E-state index in [1.54, 1.807) is 23.0 Å². The van der Waals surface area contributed by atoms with Crippen molar-refractivity contribution < 1.29 is 13.3 Å². The summed E-state index contributed by atoms with van der Waals surface area (Å²) < 4.78 is 35.8. The van der Waals surface area contributed by atoms with E-state index in [1.807, 2.05) is 13.0 Å². The number of aryl methyl sites for hydroxylation is 1. The van der Waals surface area contributed by atoms with Crippen LogP contribution in [0.5, 0.6) is 11.5 Å². The van der Waals surface area contributed by atoms with Crippen molar-refractivity contribution >= 4 is 51.3 Å². The van der Waals surface area contributed by atoms with Gasteiger partial charge in [-0.1, -0.05) is 23.2 Å². The first-order valence-electron chi connectivity index (χ1n) is 10.3. The van der Waals surface area contributed by atoms with Gasteiger partial charge in [0.05, 0.1) is 15.4 Å². The number of thiazole rings is 1. The number of hydrogen-bond donors (Lipinski definition) is 3. The van der Waals surface area contributed by atoms with Crippen molar-refractivity contribution in [2.45, 2.75) is 37.1 Å². The summed E-state index contributed by atoms with van der Waals surface area (Å²) >= 11 is 13.8. The molecule has 6 nitrogen and oxygen atoms in total. The zero-order valence-electron chi connectivity index (χ0n) is 17.9. The molecule has 0 fully saturated rings. The summed E-state index contributed by atoms with van der Waals surface area (Å²) in [7, 11) is -1.86. The Morgan fingerprint density at radius 3 is 2.79 bits per heavy atom. The second-order valence-corrected chi connectivity index (χ2v) is 10.2. The van der Waals surface area contributed by atoms with Gasteiger partial charge in [-0.2, -0.15) is 0 Å². The van der Waals surface area contributed by atoms with Gasteiger partial charge in [0.25, 0.3) is 0 Å². The van der Waals surface area contributed by atoms with Gasteiger partial charge in [0.2, 0.25) is 0 Å². The van der Waals surface area contributed by atoms with Crippen molar-refractivity contribution in [3.63, 3.8) is 0 Å². The van der Waals surface area contributed by atoms with Crippen LogP contribution in [-0.4, -0.2) is 28.3 Å². The Kier molecular flexibility index (Phi) is 9.91. The lowest BCUT2D eigenvalue weighted by Gasteiger charge is -2.14. The number of ether oxygens (including phenoxy) is 1. The van der Waals surface area contributed by atoms with Gasteiger partial charge in [-0.15, -0.1) is 11.3 Å². The molecule has 0 aliphatic heterocycles. The third-order valence-electron chi connectivity index (χ3n) is 4.63. The molecule has 2 aromatic carbocycles. The van der Waals surface area contributed by atoms with E-state index in [4.69, 9.17) is 33.7 Å². The van der Waals surface area contributed by atoms with E-state index in [-0.39, 0.29) is 21.7 Å². The molecule has 4 N–H and O–H groups in total. The summed E-state index contributed by atoms with van der Waals surface area (Å²) in [5, 5.41) is 5.75. The predicted molar refractivity (Wildman–Crippen MR) is 135 cm³/mol. The number of hydrogen-bond acceptors (Lipinski definition) is 6. The molecule has 0 bridgehead atoms. The summed E-state index contributed by atoms with van der Waals surface area (Å²) in [5.74, 6) is 0.351. The maximum absolute atomic E-state index is 14.7. The smallest absolute Gasteiger partial charge is 0.154 e. The van der Waals surface area contributed by atoms with E-state index in [0.29, 0.717) is 23.0 Å². The highest BCUT2D eigenvalue weighted by molar-refractivity contribution is 7.86. The third kappa shape index (κ3) is 7.91. The molecule has 0 spiro atoms. The van der Waals surface area contributed by atoms with Gasteiger partial charge in [-0.05, 0) is 69.1 Å². The first-order valence-corrected chi connectivity index (χ1v) is 13.2. The molecule has 178 valence electrons. The SMILES string of the molecule is CC(N)CCNCCCc1cc(Cl)ccc1Oc1cc(F)c(S(=O)Nc2cscn2)cc1Cl. The zero-order chi connectivity index (χ0) is 23.8. The standard InChI is InChI=1S/C22H25Cl2FN4O2S2/c1-14(26)6-8-27-7-2-3-15-9-16(23)4-5-19(15)31-20-11-18(25)21(10-17(20)24)33(30)29-22-12-32-13-28-22/h4-5,9-14,27,29H,2-3,6-8,26H2,1H3. The Labute approximate surface area is 209 Å². The van der Waals surface area contributed by atoms with Crippen molar-refractivity contribution in [2.75, 3.05) is 17.8 Å². The Bertz CT molecular complexity index is 1080. The molecular formula is C22H25Cl2FN4O2S2. The maximum atomic E-state index is 14.7. The lowest BCUT2D eigenvalue weighted by atomic mass is 10.1. The zero-order valence-corrected chi connectivity index (χ0v) is 21.1. The van der Waals surface area contributed by atoms with Gasteiger partial charge >= 0.3 is 0 Å². The van der Waals surface area contributed by atoms with Crippen molar-refractivity contribution in [2.24, 2.45) is 5.73 Å². The third-order valence-corrected chi connectivity index (χ3v) is 6.86. The number of aromatic nitrogens is 1. The van der Waals surface area contributed by atoms with Crippen molar-refractivity contribution in [3.8, 4) is 11.5 Å². The molecule has 3 rings (SSSR count). The minimum atomic E-state index is -1.86. The van der Waals surface area contributed by atoms with Crippen LogP contribution < -0.4 is 20.5 Å². The molecule has 0 aliphatic carbocycles. The Morgan fingerprint density at radius 1 is 1.24 bits per heavy atom. The van der Waals surface area contributed by atoms with E-state index >= 15 is 0 Å². The van der Waals surface area contributed by atoms with Gasteiger partial charge < -0.3 is 15.8 Å². The van der Waals surface area contributed by atoms with Crippen LogP contribution in [0.25, 0.3) is 0 Å². The fourth-order valence-corrected chi connectivity index (χ4v) is 4.86. The van der Waals surface area contributed by atoms with Gasteiger partial charge in [0.15, 0.2) is 11.0 Å². The van der Waals surface area contributed by atoms with Crippen LogP contribution in [-0.2, 0) is 17.4 Å². The first-order chi connectivity index (χ1) is 15.8. The van der Waals surface area contributed by atoms with Crippen molar-refractivity contribution in [3.05, 3.63) is 62.6 Å². The highest BCUT2D eigenvalue weighted by atomic mass is 35.5. The second kappa shape index (κ2) is 12.6. The van der Waals surface area contributed by atoms with E-state index in [0.717, 1.165) is 37.6 Å². The van der Waals surface area contributed by atoms with Crippen LogP contribution in [0, 0.1) is 5.82 Å².